The highest BCUT2D eigenvalue weighted by atomic mass is 19.1. The van der Waals surface area contributed by atoms with Gasteiger partial charge in [-0.2, -0.15) is 0 Å². The molecule has 0 radical (unpaired) electrons. The Morgan fingerprint density at radius 3 is 2.33 bits per heavy atom. The number of amides is 2. The van der Waals surface area contributed by atoms with Gasteiger partial charge >= 0.3 is 17.8 Å². The van der Waals surface area contributed by atoms with Gasteiger partial charge in [0.2, 0.25) is 0 Å². The molecule has 0 aromatic heterocycles. The van der Waals surface area contributed by atoms with Crippen molar-refractivity contribution < 1.29 is 27.9 Å². The Balaban J connectivity index is 1.82. The van der Waals surface area contributed by atoms with Gasteiger partial charge in [0, 0.05) is 12.6 Å². The van der Waals surface area contributed by atoms with E-state index in [0.29, 0.717) is 19.0 Å². The lowest BCUT2D eigenvalue weighted by Crippen LogP contribution is -2.39. The van der Waals surface area contributed by atoms with Crippen LogP contribution in [0.2, 0.25) is 0 Å². The fourth-order valence-corrected chi connectivity index (χ4v) is 3.78. The lowest BCUT2D eigenvalue weighted by molar-refractivity contribution is -0.143. The van der Waals surface area contributed by atoms with E-state index in [4.69, 9.17) is 0 Å². The van der Waals surface area contributed by atoms with E-state index in [2.05, 4.69) is 10.1 Å². The number of carbonyl (C=O) groups excluding carboxylic acids is 3. The Morgan fingerprint density at radius 2 is 1.70 bits per heavy atom. The third kappa shape index (κ3) is 4.32. The van der Waals surface area contributed by atoms with Gasteiger partial charge in [-0.15, -0.1) is 0 Å². The van der Waals surface area contributed by atoms with E-state index in [1.807, 2.05) is 32.0 Å². The normalized spacial score (nSPS) is 15.8. The summed E-state index contributed by atoms with van der Waals surface area (Å²) in [6.07, 6.45) is 1.44. The van der Waals surface area contributed by atoms with Gasteiger partial charge in [0.25, 0.3) is 0 Å². The molecule has 1 heterocycles. The van der Waals surface area contributed by atoms with Gasteiger partial charge in [0.1, 0.15) is 11.6 Å². The zero-order valence-corrected chi connectivity index (χ0v) is 16.9. The molecular formula is C22H22F2N2O4. The van der Waals surface area contributed by atoms with Crippen LogP contribution in [-0.4, -0.2) is 36.3 Å². The molecule has 2 aromatic carbocycles. The largest absolute Gasteiger partial charge is 0.465 e. The predicted octanol–water partition coefficient (Wildman–Crippen LogP) is 3.67. The number of aryl methyl sites for hydroxylation is 2. The first kappa shape index (κ1) is 21.4. The average molecular weight is 416 g/mol. The third-order valence-electron chi connectivity index (χ3n) is 5.05. The monoisotopic (exact) mass is 416 g/mol. The van der Waals surface area contributed by atoms with E-state index in [0.717, 1.165) is 36.3 Å². The summed E-state index contributed by atoms with van der Waals surface area (Å²) in [5.41, 5.74) is 2.02. The quantitative estimate of drug-likeness (QED) is 0.612. The number of methoxy groups -OCH3 is 1. The first-order valence-corrected chi connectivity index (χ1v) is 9.48. The van der Waals surface area contributed by atoms with Crippen LogP contribution in [0.3, 0.4) is 0 Å². The van der Waals surface area contributed by atoms with Crippen molar-refractivity contribution in [3.63, 3.8) is 0 Å². The molecule has 1 atom stereocenters. The molecule has 2 amide bonds. The highest BCUT2D eigenvalue weighted by molar-refractivity contribution is 6.39. The molecule has 1 aliphatic rings. The zero-order chi connectivity index (χ0) is 22.0. The smallest absolute Gasteiger partial charge is 0.340 e. The second kappa shape index (κ2) is 8.61. The van der Waals surface area contributed by atoms with Crippen LogP contribution >= 0.6 is 0 Å². The van der Waals surface area contributed by atoms with Gasteiger partial charge < -0.3 is 15.0 Å². The van der Waals surface area contributed by atoms with Crippen LogP contribution < -0.4 is 5.32 Å². The van der Waals surface area contributed by atoms with Crippen molar-refractivity contribution in [2.75, 3.05) is 19.0 Å². The van der Waals surface area contributed by atoms with Crippen molar-refractivity contribution in [3.05, 3.63) is 64.2 Å². The van der Waals surface area contributed by atoms with Crippen LogP contribution in [0.5, 0.6) is 0 Å². The summed E-state index contributed by atoms with van der Waals surface area (Å²) in [5, 5.41) is 2.15. The summed E-state index contributed by atoms with van der Waals surface area (Å²) < 4.78 is 32.3. The van der Waals surface area contributed by atoms with E-state index in [1.54, 1.807) is 0 Å². The van der Waals surface area contributed by atoms with Crippen LogP contribution in [0, 0.1) is 25.5 Å². The number of esters is 1. The number of hydrogen-bond donors (Lipinski definition) is 1. The van der Waals surface area contributed by atoms with Crippen molar-refractivity contribution in [1.82, 2.24) is 4.90 Å². The highest BCUT2D eigenvalue weighted by Gasteiger charge is 2.34. The molecule has 1 unspecified atom stereocenters. The van der Waals surface area contributed by atoms with E-state index in [-0.39, 0.29) is 6.04 Å². The minimum Gasteiger partial charge on any atom is -0.465 e. The lowest BCUT2D eigenvalue weighted by atomic mass is 9.99. The molecule has 1 saturated heterocycles. The maximum atomic E-state index is 14.1. The second-order valence-electron chi connectivity index (χ2n) is 7.34. The molecule has 8 heteroatoms. The number of hydrogen-bond acceptors (Lipinski definition) is 4. The van der Waals surface area contributed by atoms with Gasteiger partial charge in [-0.25, -0.2) is 13.6 Å². The predicted molar refractivity (Wildman–Crippen MR) is 106 cm³/mol. The van der Waals surface area contributed by atoms with Gasteiger partial charge in [0.05, 0.1) is 24.4 Å². The Hall–Kier alpha value is -3.29. The molecule has 6 nitrogen and oxygen atoms in total. The van der Waals surface area contributed by atoms with Crippen molar-refractivity contribution in [2.45, 2.75) is 32.7 Å². The van der Waals surface area contributed by atoms with Crippen LogP contribution in [0.15, 0.2) is 30.3 Å². The van der Waals surface area contributed by atoms with Crippen molar-refractivity contribution >= 4 is 23.5 Å². The number of anilines is 1. The number of rotatable bonds is 3. The molecule has 1 fully saturated rings. The van der Waals surface area contributed by atoms with E-state index in [1.165, 1.54) is 4.90 Å². The second-order valence-corrected chi connectivity index (χ2v) is 7.34. The topological polar surface area (TPSA) is 75.7 Å². The number of halogens is 2. The van der Waals surface area contributed by atoms with Crippen LogP contribution in [-0.2, 0) is 14.3 Å². The molecule has 3 rings (SSSR count). The third-order valence-corrected chi connectivity index (χ3v) is 5.05. The molecule has 1 N–H and O–H groups in total. The number of carbonyl (C=O) groups is 3. The minimum atomic E-state index is -1.13. The first-order chi connectivity index (χ1) is 14.2. The molecule has 0 aliphatic carbocycles. The Labute approximate surface area is 172 Å². The number of ether oxygens (including phenoxy) is 1. The summed E-state index contributed by atoms with van der Waals surface area (Å²) in [6.45, 7) is 4.31. The average Bonchev–Trinajstić information content (AvgIpc) is 3.17. The number of nitrogens with zero attached hydrogens (tertiary/aromatic N) is 1. The molecule has 158 valence electrons. The minimum absolute atomic E-state index is 0.259. The highest BCUT2D eigenvalue weighted by Crippen LogP contribution is 2.33. The van der Waals surface area contributed by atoms with Gasteiger partial charge in [-0.1, -0.05) is 29.3 Å². The van der Waals surface area contributed by atoms with Crippen molar-refractivity contribution in [2.24, 2.45) is 0 Å². The maximum Gasteiger partial charge on any atom is 0.340 e. The molecule has 1 aliphatic heterocycles. The van der Waals surface area contributed by atoms with E-state index >= 15 is 0 Å². The molecule has 0 spiro atoms. The molecular weight excluding hydrogens is 394 g/mol. The van der Waals surface area contributed by atoms with E-state index < -0.39 is 40.7 Å². The fraction of sp³-hybridized carbons (Fsp3) is 0.318. The zero-order valence-electron chi connectivity index (χ0n) is 16.9. The standard InChI is InChI=1S/C22H22F2N2O4/c1-12-7-13(2)9-14(8-12)19-5-4-6-26(19)21(28)20(27)25-18-10-15(22(29)30-3)16(23)11-17(18)24/h7-11,19H,4-6H2,1-3H3,(H,25,27). The summed E-state index contributed by atoms with van der Waals surface area (Å²) >= 11 is 0. The lowest BCUT2D eigenvalue weighted by Gasteiger charge is -2.25. The Bertz CT molecular complexity index is 1000. The van der Waals surface area contributed by atoms with Crippen LogP contribution in [0.4, 0.5) is 14.5 Å². The van der Waals surface area contributed by atoms with Crippen molar-refractivity contribution in [3.8, 4) is 0 Å². The molecule has 0 bridgehead atoms. The van der Waals surface area contributed by atoms with E-state index in [9.17, 15) is 23.2 Å². The van der Waals surface area contributed by atoms with Crippen LogP contribution in [0.25, 0.3) is 0 Å². The Kier molecular flexibility index (Phi) is 6.14. The van der Waals surface area contributed by atoms with Gasteiger partial charge in [0.15, 0.2) is 0 Å². The number of benzene rings is 2. The first-order valence-electron chi connectivity index (χ1n) is 9.48. The van der Waals surface area contributed by atoms with Gasteiger partial charge in [-0.3, -0.25) is 9.59 Å². The molecule has 30 heavy (non-hydrogen) atoms. The maximum absolute atomic E-state index is 14.1. The fourth-order valence-electron chi connectivity index (χ4n) is 3.78. The summed E-state index contributed by atoms with van der Waals surface area (Å²) in [7, 11) is 1.05. The van der Waals surface area contributed by atoms with Crippen molar-refractivity contribution in [1.29, 1.82) is 0 Å². The molecule has 2 aromatic rings. The summed E-state index contributed by atoms with van der Waals surface area (Å²) in [4.78, 5) is 38.4. The SMILES string of the molecule is COC(=O)c1cc(NC(=O)C(=O)N2CCCC2c2cc(C)cc(C)c2)c(F)cc1F. The molecule has 0 saturated carbocycles. The van der Waals surface area contributed by atoms with Gasteiger partial charge in [-0.05, 0) is 38.3 Å². The summed E-state index contributed by atoms with van der Waals surface area (Å²) in [6, 6.07) is 6.99. The number of likely N-dealkylation sites (tertiary alicyclic amines) is 1. The van der Waals surface area contributed by atoms with Crippen LogP contribution in [0.1, 0.15) is 45.9 Å². The summed E-state index contributed by atoms with van der Waals surface area (Å²) in [5.74, 6) is -5.14. The number of nitrogens with one attached hydrogen (secondary N) is 1. The Morgan fingerprint density at radius 1 is 1.03 bits per heavy atom.